The molecule has 4 rings (SSSR count). The number of nitrogens with two attached hydrogens (primary N) is 1. The average molecular weight is 349 g/mol. The molecule has 1 aliphatic rings. The van der Waals surface area contributed by atoms with Crippen molar-refractivity contribution in [1.29, 1.82) is 0 Å². The molecule has 0 spiro atoms. The maximum atomic E-state index is 14.6. The zero-order valence-electron chi connectivity index (χ0n) is 14.4. The zero-order chi connectivity index (χ0) is 18.1. The number of hydrogen-bond donors (Lipinski definition) is 1. The Hall–Kier alpha value is -2.91. The first kappa shape index (κ1) is 16.6. The Bertz CT molecular complexity index is 972. The van der Waals surface area contributed by atoms with Crippen molar-refractivity contribution in [3.05, 3.63) is 65.5 Å². The van der Waals surface area contributed by atoms with Gasteiger partial charge in [-0.05, 0) is 17.7 Å². The van der Waals surface area contributed by atoms with Gasteiger partial charge in [0.2, 0.25) is 5.95 Å². The van der Waals surface area contributed by atoms with Gasteiger partial charge < -0.3 is 15.2 Å². The van der Waals surface area contributed by atoms with Crippen molar-refractivity contribution in [3.63, 3.8) is 0 Å². The van der Waals surface area contributed by atoms with E-state index in [1.54, 1.807) is 0 Å². The molecule has 0 unspecified atom stereocenters. The third-order valence-corrected chi connectivity index (χ3v) is 4.99. The summed E-state index contributed by atoms with van der Waals surface area (Å²) in [5, 5.41) is 0. The van der Waals surface area contributed by atoms with Gasteiger partial charge in [0.15, 0.2) is 5.69 Å². The van der Waals surface area contributed by atoms with Crippen molar-refractivity contribution in [2.75, 3.05) is 24.5 Å². The monoisotopic (exact) mass is 349 g/mol. The number of hydrogen-bond acceptors (Lipinski definition) is 3. The van der Waals surface area contributed by atoms with Crippen LogP contribution in [-0.2, 0) is 6.54 Å². The smallest absolute Gasteiger partial charge is 0.206 e. The molecule has 0 amide bonds. The third kappa shape index (κ3) is 2.91. The van der Waals surface area contributed by atoms with Gasteiger partial charge in [-0.3, -0.25) is 0 Å². The summed E-state index contributed by atoms with van der Waals surface area (Å²) in [6.07, 6.45) is 0.423. The van der Waals surface area contributed by atoms with E-state index in [1.807, 2.05) is 53.4 Å². The van der Waals surface area contributed by atoms with Crippen LogP contribution in [0.3, 0.4) is 0 Å². The number of benzene rings is 2. The quantitative estimate of drug-likeness (QED) is 0.734. The molecule has 1 fully saturated rings. The van der Waals surface area contributed by atoms with Gasteiger partial charge in [-0.2, -0.15) is 0 Å². The topological polar surface area (TPSA) is 51.4 Å². The average Bonchev–Trinajstić information content (AvgIpc) is 3.24. The van der Waals surface area contributed by atoms with E-state index in [0.717, 1.165) is 22.5 Å². The molecule has 0 aliphatic carbocycles. The summed E-state index contributed by atoms with van der Waals surface area (Å²) < 4.78 is 16.8. The highest BCUT2D eigenvalue weighted by Gasteiger charge is 2.38. The number of rotatable bonds is 4. The predicted molar refractivity (Wildman–Crippen MR) is 101 cm³/mol. The third-order valence-electron chi connectivity index (χ3n) is 4.99. The molecule has 0 radical (unpaired) electrons. The fourth-order valence-electron chi connectivity index (χ4n) is 3.49. The highest BCUT2D eigenvalue weighted by atomic mass is 19.1. The molecule has 1 aromatic heterocycles. The normalized spacial score (nSPS) is 19.8. The lowest BCUT2D eigenvalue weighted by Gasteiger charge is -2.21. The molecule has 3 aromatic rings. The van der Waals surface area contributed by atoms with Crippen LogP contribution in [0, 0.1) is 6.57 Å². The molecule has 1 saturated heterocycles. The fourth-order valence-corrected chi connectivity index (χ4v) is 3.49. The van der Waals surface area contributed by atoms with Crippen LogP contribution >= 0.6 is 0 Å². The van der Waals surface area contributed by atoms with Gasteiger partial charge in [-0.25, -0.2) is 14.2 Å². The summed E-state index contributed by atoms with van der Waals surface area (Å²) in [4.78, 5) is 10.2. The standard InChI is InChI=1S/C20H20FN5/c1-23-16-8-6-15(7-9-16)12-26-18-5-3-2-4-17(18)24-19(26)25-11-10-20(21,13-22)14-25/h2-9H,10-14,22H2/t20-/m0/s1. The van der Waals surface area contributed by atoms with Crippen LogP contribution in [0.15, 0.2) is 48.5 Å². The van der Waals surface area contributed by atoms with Crippen molar-refractivity contribution < 1.29 is 4.39 Å². The lowest BCUT2D eigenvalue weighted by Crippen LogP contribution is -2.37. The number of fused-ring (bicyclic) bond motifs is 1. The van der Waals surface area contributed by atoms with E-state index >= 15 is 0 Å². The summed E-state index contributed by atoms with van der Waals surface area (Å²) >= 11 is 0. The minimum atomic E-state index is -1.35. The van der Waals surface area contributed by atoms with Crippen LogP contribution in [0.25, 0.3) is 15.9 Å². The second-order valence-electron chi connectivity index (χ2n) is 6.79. The van der Waals surface area contributed by atoms with E-state index in [1.165, 1.54) is 0 Å². The van der Waals surface area contributed by atoms with Gasteiger partial charge in [0.25, 0.3) is 0 Å². The Morgan fingerprint density at radius 2 is 1.96 bits per heavy atom. The van der Waals surface area contributed by atoms with Crippen molar-refractivity contribution in [2.45, 2.75) is 18.6 Å². The van der Waals surface area contributed by atoms with Gasteiger partial charge in [-0.15, -0.1) is 0 Å². The zero-order valence-corrected chi connectivity index (χ0v) is 14.4. The van der Waals surface area contributed by atoms with Crippen molar-refractivity contribution in [2.24, 2.45) is 5.73 Å². The Balaban J connectivity index is 1.73. The molecule has 26 heavy (non-hydrogen) atoms. The summed E-state index contributed by atoms with van der Waals surface area (Å²) in [7, 11) is 0. The molecule has 6 heteroatoms. The van der Waals surface area contributed by atoms with Gasteiger partial charge in [0.05, 0.1) is 30.7 Å². The van der Waals surface area contributed by atoms with E-state index in [4.69, 9.17) is 17.3 Å². The molecular formula is C20H20FN5. The molecule has 2 N–H and O–H groups in total. The summed E-state index contributed by atoms with van der Waals surface area (Å²) in [5.74, 6) is 0.772. The summed E-state index contributed by atoms with van der Waals surface area (Å²) in [6, 6.07) is 15.5. The van der Waals surface area contributed by atoms with Crippen molar-refractivity contribution in [1.82, 2.24) is 9.55 Å². The van der Waals surface area contributed by atoms with E-state index in [2.05, 4.69) is 9.41 Å². The van der Waals surface area contributed by atoms with E-state index in [9.17, 15) is 4.39 Å². The molecule has 1 aliphatic heterocycles. The number of imidazole rings is 1. The van der Waals surface area contributed by atoms with Crippen molar-refractivity contribution in [3.8, 4) is 0 Å². The first-order chi connectivity index (χ1) is 12.6. The van der Waals surface area contributed by atoms with E-state index in [-0.39, 0.29) is 13.1 Å². The molecule has 132 valence electrons. The lowest BCUT2D eigenvalue weighted by atomic mass is 10.1. The summed E-state index contributed by atoms with van der Waals surface area (Å²) in [5.41, 5.74) is 7.87. The molecule has 2 heterocycles. The number of para-hydroxylation sites is 2. The van der Waals surface area contributed by atoms with Gasteiger partial charge in [-0.1, -0.05) is 36.4 Å². The molecule has 1 atom stereocenters. The highest BCUT2D eigenvalue weighted by molar-refractivity contribution is 5.79. The van der Waals surface area contributed by atoms with Gasteiger partial charge in [0, 0.05) is 19.5 Å². The highest BCUT2D eigenvalue weighted by Crippen LogP contribution is 2.31. The minimum absolute atomic E-state index is 0.0296. The first-order valence-corrected chi connectivity index (χ1v) is 8.67. The first-order valence-electron chi connectivity index (χ1n) is 8.67. The van der Waals surface area contributed by atoms with Crippen LogP contribution < -0.4 is 10.6 Å². The van der Waals surface area contributed by atoms with Crippen LogP contribution in [-0.4, -0.2) is 34.9 Å². The maximum absolute atomic E-state index is 14.6. The van der Waals surface area contributed by atoms with Crippen LogP contribution in [0.1, 0.15) is 12.0 Å². The largest absolute Gasteiger partial charge is 0.339 e. The van der Waals surface area contributed by atoms with Crippen LogP contribution in [0.5, 0.6) is 0 Å². The number of alkyl halides is 1. The second kappa shape index (κ2) is 6.43. The van der Waals surface area contributed by atoms with Crippen LogP contribution in [0.2, 0.25) is 0 Å². The van der Waals surface area contributed by atoms with Gasteiger partial charge >= 0.3 is 0 Å². The number of nitrogens with zero attached hydrogens (tertiary/aromatic N) is 4. The molecule has 0 bridgehead atoms. The van der Waals surface area contributed by atoms with Crippen molar-refractivity contribution >= 4 is 22.7 Å². The number of anilines is 1. The Kier molecular flexibility index (Phi) is 4.09. The Labute approximate surface area is 151 Å². The number of halogens is 1. The lowest BCUT2D eigenvalue weighted by molar-refractivity contribution is 0.203. The van der Waals surface area contributed by atoms with Gasteiger partial charge in [0.1, 0.15) is 5.67 Å². The Morgan fingerprint density at radius 1 is 1.19 bits per heavy atom. The minimum Gasteiger partial charge on any atom is -0.339 e. The molecule has 0 saturated carbocycles. The maximum Gasteiger partial charge on any atom is 0.206 e. The number of aromatic nitrogens is 2. The van der Waals surface area contributed by atoms with Crippen LogP contribution in [0.4, 0.5) is 16.0 Å². The second-order valence-corrected chi connectivity index (χ2v) is 6.79. The van der Waals surface area contributed by atoms with E-state index < -0.39 is 5.67 Å². The van der Waals surface area contributed by atoms with E-state index in [0.29, 0.717) is 25.2 Å². The fraction of sp³-hybridized carbons (Fsp3) is 0.300. The Morgan fingerprint density at radius 3 is 2.65 bits per heavy atom. The molecule has 5 nitrogen and oxygen atoms in total. The SMILES string of the molecule is [C-]#[N+]c1ccc(Cn2c(N3CC[C@](F)(CN)C3)nc3ccccc32)cc1. The predicted octanol–water partition coefficient (Wildman–Crippen LogP) is 3.51. The molecule has 2 aromatic carbocycles. The summed E-state index contributed by atoms with van der Waals surface area (Å²) in [6.45, 7) is 8.60. The molecular weight excluding hydrogens is 329 g/mol.